The Balaban J connectivity index is -0.000000328. The van der Waals surface area contributed by atoms with Crippen molar-refractivity contribution >= 4 is 0 Å². The fraction of sp³-hybridized carbons (Fsp3) is 0.882. The van der Waals surface area contributed by atoms with E-state index in [-0.39, 0.29) is 6.04 Å². The second-order valence-electron chi connectivity index (χ2n) is 9.65. The predicted molar refractivity (Wildman–Crippen MR) is 170 cm³/mol. The highest BCUT2D eigenvalue weighted by molar-refractivity contribution is 5.24. The van der Waals surface area contributed by atoms with Crippen molar-refractivity contribution in [2.75, 3.05) is 13.2 Å². The number of hydrogen-bond acceptors (Lipinski definition) is 2. The van der Waals surface area contributed by atoms with Gasteiger partial charge in [-0.15, -0.1) is 6.58 Å². The van der Waals surface area contributed by atoms with Gasteiger partial charge in [0.25, 0.3) is 0 Å². The van der Waals surface area contributed by atoms with Crippen LogP contribution in [0.5, 0.6) is 0 Å². The van der Waals surface area contributed by atoms with Gasteiger partial charge in [0, 0.05) is 12.6 Å². The highest BCUT2D eigenvalue weighted by Crippen LogP contribution is 2.35. The summed E-state index contributed by atoms with van der Waals surface area (Å²) in [5, 5.41) is 0. The number of unbranched alkanes of at least 4 members (excludes halogenated alkanes) is 3. The summed E-state index contributed by atoms with van der Waals surface area (Å²) < 4.78 is 5.93. The SMILES string of the molecule is C=C(C)CC/C(COCCC)=C(\C(N)CCC)C1CCCCC1.CC.CC.CCCC.CCCCC. The summed E-state index contributed by atoms with van der Waals surface area (Å²) in [7, 11) is 0. The second kappa shape index (κ2) is 36.6. The highest BCUT2D eigenvalue weighted by atomic mass is 16.5. The Labute approximate surface area is 231 Å². The first-order valence-electron chi connectivity index (χ1n) is 16.1. The Morgan fingerprint density at radius 2 is 1.31 bits per heavy atom. The van der Waals surface area contributed by atoms with Crippen molar-refractivity contribution in [2.24, 2.45) is 11.7 Å². The molecule has 0 amide bonds. The normalized spacial score (nSPS) is 14.2. The molecular formula is C34H73NO. The summed E-state index contributed by atoms with van der Waals surface area (Å²) in [6.07, 6.45) is 18.9. The van der Waals surface area contributed by atoms with Crippen LogP contribution in [0.15, 0.2) is 23.3 Å². The lowest BCUT2D eigenvalue weighted by atomic mass is 9.77. The molecule has 1 unspecified atom stereocenters. The zero-order chi connectivity index (χ0) is 28.6. The lowest BCUT2D eigenvalue weighted by molar-refractivity contribution is 0.152. The van der Waals surface area contributed by atoms with E-state index >= 15 is 0 Å². The number of nitrogens with two attached hydrogens (primary N) is 1. The quantitative estimate of drug-likeness (QED) is 0.186. The maximum Gasteiger partial charge on any atom is 0.0680 e. The maximum absolute atomic E-state index is 6.63. The molecule has 0 radical (unpaired) electrons. The van der Waals surface area contributed by atoms with Crippen LogP contribution in [0.25, 0.3) is 0 Å². The average Bonchev–Trinajstić information content (AvgIpc) is 2.91. The standard InChI is InChI=1S/C21H39NO.C5H12.C4H10.2C2H6/c1-5-10-20(22)21(18-11-8-7-9-12-18)19(14-13-17(3)4)16-23-15-6-2;1-3-5-4-2;1-3-4-2;2*1-2/h18,20H,3,5-16,22H2,1-2,4H3;3-5H2,1-2H3;3-4H2,1-2H3;2*1-2H3/b21-19+;;;;. The lowest BCUT2D eigenvalue weighted by Gasteiger charge is -2.31. The number of ether oxygens (including phenoxy) is 1. The summed E-state index contributed by atoms with van der Waals surface area (Å²) >= 11 is 0. The molecule has 1 aliphatic carbocycles. The van der Waals surface area contributed by atoms with E-state index in [9.17, 15) is 0 Å². The van der Waals surface area contributed by atoms with Crippen molar-refractivity contribution in [2.45, 2.75) is 179 Å². The molecule has 2 heteroatoms. The average molecular weight is 512 g/mol. The highest BCUT2D eigenvalue weighted by Gasteiger charge is 2.25. The molecule has 0 aromatic carbocycles. The van der Waals surface area contributed by atoms with E-state index in [1.54, 1.807) is 5.57 Å². The Hall–Kier alpha value is -0.600. The minimum Gasteiger partial charge on any atom is -0.377 e. The third-order valence-electron chi connectivity index (χ3n) is 6.14. The molecule has 0 aromatic rings. The first-order valence-corrected chi connectivity index (χ1v) is 16.1. The molecule has 1 rings (SSSR count). The van der Waals surface area contributed by atoms with Crippen molar-refractivity contribution < 1.29 is 4.74 Å². The number of rotatable bonds is 14. The molecule has 0 heterocycles. The van der Waals surface area contributed by atoms with E-state index in [4.69, 9.17) is 10.5 Å². The molecule has 1 fully saturated rings. The molecule has 0 spiro atoms. The molecule has 2 N–H and O–H groups in total. The zero-order valence-corrected chi connectivity index (χ0v) is 27.4. The Morgan fingerprint density at radius 1 is 0.778 bits per heavy atom. The van der Waals surface area contributed by atoms with E-state index in [1.807, 2.05) is 27.7 Å². The second-order valence-corrected chi connectivity index (χ2v) is 9.65. The van der Waals surface area contributed by atoms with Crippen LogP contribution in [0.1, 0.15) is 172 Å². The largest absolute Gasteiger partial charge is 0.377 e. The minimum absolute atomic E-state index is 0.216. The fourth-order valence-corrected chi connectivity index (χ4v) is 4.09. The van der Waals surface area contributed by atoms with E-state index in [2.05, 4.69) is 55.0 Å². The van der Waals surface area contributed by atoms with Crippen LogP contribution in [-0.4, -0.2) is 19.3 Å². The summed E-state index contributed by atoms with van der Waals surface area (Å²) in [5.41, 5.74) is 10.9. The Bertz CT molecular complexity index is 430. The van der Waals surface area contributed by atoms with Crippen LogP contribution in [0, 0.1) is 5.92 Å². The van der Waals surface area contributed by atoms with Crippen molar-refractivity contribution in [1.29, 1.82) is 0 Å². The van der Waals surface area contributed by atoms with Gasteiger partial charge in [0.1, 0.15) is 0 Å². The van der Waals surface area contributed by atoms with Crippen LogP contribution >= 0.6 is 0 Å². The van der Waals surface area contributed by atoms with Gasteiger partial charge in [0.2, 0.25) is 0 Å². The Kier molecular flexibility index (Phi) is 43.1. The lowest BCUT2D eigenvalue weighted by Crippen LogP contribution is -2.30. The first-order chi connectivity index (χ1) is 17.4. The first kappa shape index (κ1) is 42.5. The summed E-state index contributed by atoms with van der Waals surface area (Å²) in [6.45, 7) is 29.0. The van der Waals surface area contributed by atoms with Crippen LogP contribution in [-0.2, 0) is 4.74 Å². The van der Waals surface area contributed by atoms with Gasteiger partial charge in [-0.05, 0) is 62.5 Å². The molecule has 0 saturated heterocycles. The van der Waals surface area contributed by atoms with Gasteiger partial charge in [-0.2, -0.15) is 0 Å². The monoisotopic (exact) mass is 512 g/mol. The molecule has 0 aliphatic heterocycles. The topological polar surface area (TPSA) is 35.2 Å². The fourth-order valence-electron chi connectivity index (χ4n) is 4.09. The molecule has 1 saturated carbocycles. The van der Waals surface area contributed by atoms with E-state index in [1.165, 1.54) is 75.4 Å². The zero-order valence-electron chi connectivity index (χ0n) is 27.4. The summed E-state index contributed by atoms with van der Waals surface area (Å²) in [4.78, 5) is 0. The van der Waals surface area contributed by atoms with Gasteiger partial charge in [0.05, 0.1) is 6.61 Å². The molecule has 1 atom stereocenters. The van der Waals surface area contributed by atoms with Gasteiger partial charge in [0.15, 0.2) is 0 Å². The van der Waals surface area contributed by atoms with Gasteiger partial charge >= 0.3 is 0 Å². The third kappa shape index (κ3) is 28.0. The number of allylic oxidation sites excluding steroid dienone is 1. The number of hydrogen-bond donors (Lipinski definition) is 1. The van der Waals surface area contributed by atoms with Crippen molar-refractivity contribution in [1.82, 2.24) is 0 Å². The molecule has 36 heavy (non-hydrogen) atoms. The van der Waals surface area contributed by atoms with Gasteiger partial charge in [-0.1, -0.05) is 133 Å². The van der Waals surface area contributed by atoms with Gasteiger partial charge < -0.3 is 10.5 Å². The summed E-state index contributed by atoms with van der Waals surface area (Å²) in [6, 6.07) is 0.216. The van der Waals surface area contributed by atoms with Crippen molar-refractivity contribution in [3.05, 3.63) is 23.3 Å². The van der Waals surface area contributed by atoms with Crippen molar-refractivity contribution in [3.8, 4) is 0 Å². The van der Waals surface area contributed by atoms with E-state index in [0.717, 1.165) is 45.3 Å². The Morgan fingerprint density at radius 3 is 1.67 bits per heavy atom. The van der Waals surface area contributed by atoms with E-state index < -0.39 is 0 Å². The smallest absolute Gasteiger partial charge is 0.0680 e. The minimum atomic E-state index is 0.216. The van der Waals surface area contributed by atoms with Crippen molar-refractivity contribution in [3.63, 3.8) is 0 Å². The van der Waals surface area contributed by atoms with E-state index in [0.29, 0.717) is 5.92 Å². The molecule has 0 bridgehead atoms. The van der Waals surface area contributed by atoms with Crippen LogP contribution in [0.3, 0.4) is 0 Å². The summed E-state index contributed by atoms with van der Waals surface area (Å²) in [5.74, 6) is 0.690. The molecule has 2 nitrogen and oxygen atoms in total. The predicted octanol–water partition coefficient (Wildman–Crippen LogP) is 11.8. The molecule has 1 aliphatic rings. The van der Waals surface area contributed by atoms with Crippen LogP contribution in [0.4, 0.5) is 0 Å². The third-order valence-corrected chi connectivity index (χ3v) is 6.14. The molecule has 0 aromatic heterocycles. The van der Waals surface area contributed by atoms with Crippen LogP contribution in [0.2, 0.25) is 0 Å². The molecule has 220 valence electrons. The molecular weight excluding hydrogens is 438 g/mol. The van der Waals surface area contributed by atoms with Gasteiger partial charge in [-0.3, -0.25) is 0 Å². The van der Waals surface area contributed by atoms with Gasteiger partial charge in [-0.25, -0.2) is 0 Å². The maximum atomic E-state index is 6.63. The van der Waals surface area contributed by atoms with Crippen LogP contribution < -0.4 is 5.73 Å².